The fourth-order valence-corrected chi connectivity index (χ4v) is 7.55. The van der Waals surface area contributed by atoms with Crippen LogP contribution in [0.3, 0.4) is 0 Å². The molecular weight excluding hydrogens is 531 g/mol. The number of nitrogens with zero attached hydrogens (tertiary/aromatic N) is 2. The molecule has 7 nitrogen and oxygen atoms in total. The van der Waals surface area contributed by atoms with Gasteiger partial charge in [0.1, 0.15) is 11.5 Å². The summed E-state index contributed by atoms with van der Waals surface area (Å²) < 4.78 is 43.6. The Morgan fingerprint density at radius 2 is 1.47 bits per heavy atom. The third kappa shape index (κ3) is 7.11. The first-order valence-corrected chi connectivity index (χ1v) is 21.0. The zero-order valence-electron chi connectivity index (χ0n) is 25.3. The standard InChI is InChI=1S/C28H49N3O4SSi2/c1-27(2,3)37(8,9)34-23-16-17-24(25(18-23)35-38(10,11)28(4,5)6)21-12-14-22(15-13-21)30-36(32,33)26-19-31(7)20-29-26/h16-22,30H,12-15H2,1-11H3/t21-,22+. The molecule has 0 saturated heterocycles. The minimum atomic E-state index is -3.62. The average molecular weight is 580 g/mol. The molecule has 1 aromatic carbocycles. The topological polar surface area (TPSA) is 82.5 Å². The van der Waals surface area contributed by atoms with Gasteiger partial charge in [0.15, 0.2) is 5.03 Å². The summed E-state index contributed by atoms with van der Waals surface area (Å²) in [6, 6.07) is 6.31. The quantitative estimate of drug-likeness (QED) is 0.335. The smallest absolute Gasteiger partial charge is 0.259 e. The van der Waals surface area contributed by atoms with E-state index in [1.165, 1.54) is 18.1 Å². The molecule has 0 spiro atoms. The third-order valence-corrected chi connectivity index (χ3v) is 18.9. The summed E-state index contributed by atoms with van der Waals surface area (Å²) >= 11 is 0. The van der Waals surface area contributed by atoms with Crippen LogP contribution in [0.1, 0.15) is 78.7 Å². The van der Waals surface area contributed by atoms with Crippen molar-refractivity contribution in [2.75, 3.05) is 0 Å². The van der Waals surface area contributed by atoms with E-state index in [0.717, 1.165) is 37.2 Å². The van der Waals surface area contributed by atoms with Gasteiger partial charge in [-0.25, -0.2) is 18.1 Å². The molecule has 0 aliphatic heterocycles. The summed E-state index contributed by atoms with van der Waals surface area (Å²) in [5, 5.41) is 0.249. The lowest BCUT2D eigenvalue weighted by atomic mass is 9.81. The number of hydrogen-bond donors (Lipinski definition) is 1. The van der Waals surface area contributed by atoms with Crippen molar-refractivity contribution >= 4 is 26.7 Å². The highest BCUT2D eigenvalue weighted by Gasteiger charge is 2.41. The molecule has 1 aliphatic carbocycles. The molecule has 38 heavy (non-hydrogen) atoms. The molecule has 0 radical (unpaired) electrons. The third-order valence-electron chi connectivity index (χ3n) is 8.78. The van der Waals surface area contributed by atoms with Crippen LogP contribution in [0.5, 0.6) is 11.5 Å². The molecule has 1 heterocycles. The Bertz CT molecular complexity index is 1220. The van der Waals surface area contributed by atoms with Gasteiger partial charge >= 0.3 is 0 Å². The van der Waals surface area contributed by atoms with Gasteiger partial charge in [0, 0.05) is 25.4 Å². The highest BCUT2D eigenvalue weighted by Crippen LogP contribution is 2.45. The number of benzene rings is 1. The van der Waals surface area contributed by atoms with Crippen molar-refractivity contribution in [3.8, 4) is 11.5 Å². The van der Waals surface area contributed by atoms with Crippen LogP contribution in [-0.4, -0.2) is 40.6 Å². The summed E-state index contributed by atoms with van der Waals surface area (Å²) in [6.45, 7) is 22.6. The Balaban J connectivity index is 1.83. The Morgan fingerprint density at radius 1 is 0.921 bits per heavy atom. The van der Waals surface area contributed by atoms with Crippen LogP contribution < -0.4 is 13.6 Å². The molecule has 0 atom stereocenters. The van der Waals surface area contributed by atoms with Crippen molar-refractivity contribution in [3.63, 3.8) is 0 Å². The maximum Gasteiger partial charge on any atom is 0.259 e. The number of rotatable bonds is 8. The summed E-state index contributed by atoms with van der Waals surface area (Å²) in [5.41, 5.74) is 1.21. The molecule has 1 aliphatic rings. The predicted octanol–water partition coefficient (Wildman–Crippen LogP) is 7.19. The Hall–Kier alpha value is -1.63. The Morgan fingerprint density at radius 3 is 1.97 bits per heavy atom. The van der Waals surface area contributed by atoms with Gasteiger partial charge in [-0.05, 0) is 79.5 Å². The maximum atomic E-state index is 12.8. The van der Waals surface area contributed by atoms with Crippen LogP contribution in [0.25, 0.3) is 0 Å². The van der Waals surface area contributed by atoms with Crippen LogP contribution in [-0.2, 0) is 17.1 Å². The van der Waals surface area contributed by atoms with E-state index in [2.05, 4.69) is 95.6 Å². The summed E-state index contributed by atoms with van der Waals surface area (Å²) in [4.78, 5) is 4.02. The summed E-state index contributed by atoms with van der Waals surface area (Å²) in [7, 11) is -5.93. The van der Waals surface area contributed by atoms with E-state index in [1.54, 1.807) is 11.6 Å². The highest BCUT2D eigenvalue weighted by atomic mass is 32.2. The summed E-state index contributed by atoms with van der Waals surface area (Å²) in [6.07, 6.45) is 6.38. The van der Waals surface area contributed by atoms with Gasteiger partial charge in [0.2, 0.25) is 16.6 Å². The SMILES string of the molecule is Cn1cnc(S(=O)(=O)N[C@H]2CC[C@@H](c3ccc(O[Si](C)(C)C(C)(C)C)cc3O[Si](C)(C)C(C)(C)C)CC2)c1. The van der Waals surface area contributed by atoms with E-state index in [9.17, 15) is 8.42 Å². The molecule has 1 fully saturated rings. The molecule has 0 unspecified atom stereocenters. The van der Waals surface area contributed by atoms with Crippen LogP contribution in [0.2, 0.25) is 36.3 Å². The monoisotopic (exact) mass is 579 g/mol. The van der Waals surface area contributed by atoms with Crippen molar-refractivity contribution < 1.29 is 17.3 Å². The second-order valence-electron chi connectivity index (χ2n) is 14.0. The molecule has 3 rings (SSSR count). The number of imidazole rings is 1. The second kappa shape index (κ2) is 10.7. The number of aromatic nitrogens is 2. The molecule has 1 N–H and O–H groups in total. The molecule has 0 amide bonds. The van der Waals surface area contributed by atoms with Gasteiger partial charge in [-0.1, -0.05) is 47.6 Å². The number of sulfonamides is 1. The van der Waals surface area contributed by atoms with Gasteiger partial charge in [-0.2, -0.15) is 0 Å². The molecular formula is C28H49N3O4SSi2. The molecule has 1 aromatic heterocycles. The van der Waals surface area contributed by atoms with Crippen LogP contribution >= 0.6 is 0 Å². The van der Waals surface area contributed by atoms with Gasteiger partial charge in [-0.15, -0.1) is 0 Å². The lowest BCUT2D eigenvalue weighted by Crippen LogP contribution is -2.44. The normalized spacial score (nSPS) is 19.9. The maximum absolute atomic E-state index is 12.8. The van der Waals surface area contributed by atoms with Crippen LogP contribution in [0, 0.1) is 0 Å². The fraction of sp³-hybridized carbons (Fsp3) is 0.679. The van der Waals surface area contributed by atoms with Crippen molar-refractivity contribution in [2.45, 2.75) is 120 Å². The minimum Gasteiger partial charge on any atom is -0.543 e. The average Bonchev–Trinajstić information content (AvgIpc) is 3.20. The number of aryl methyl sites for hydroxylation is 1. The molecule has 10 heteroatoms. The van der Waals surface area contributed by atoms with E-state index in [1.807, 2.05) is 0 Å². The van der Waals surface area contributed by atoms with Gasteiger partial charge in [0.25, 0.3) is 10.0 Å². The highest BCUT2D eigenvalue weighted by molar-refractivity contribution is 7.89. The molecule has 2 aromatic rings. The number of nitrogens with one attached hydrogen (secondary N) is 1. The summed E-state index contributed by atoms with van der Waals surface area (Å²) in [5.74, 6) is 2.13. The zero-order chi connectivity index (χ0) is 28.7. The largest absolute Gasteiger partial charge is 0.543 e. The van der Waals surface area contributed by atoms with E-state index >= 15 is 0 Å². The van der Waals surface area contributed by atoms with Gasteiger partial charge < -0.3 is 13.4 Å². The molecule has 1 saturated carbocycles. The molecule has 214 valence electrons. The van der Waals surface area contributed by atoms with Gasteiger partial charge in [-0.3, -0.25) is 0 Å². The van der Waals surface area contributed by atoms with Crippen molar-refractivity contribution in [2.24, 2.45) is 7.05 Å². The second-order valence-corrected chi connectivity index (χ2v) is 25.1. The van der Waals surface area contributed by atoms with E-state index in [0.29, 0.717) is 5.92 Å². The minimum absolute atomic E-state index is 0.0714. The van der Waals surface area contributed by atoms with Crippen LogP contribution in [0.15, 0.2) is 35.7 Å². The van der Waals surface area contributed by atoms with Crippen molar-refractivity contribution in [1.82, 2.24) is 14.3 Å². The Labute approximate surface area is 233 Å². The first kappa shape index (κ1) is 30.9. The first-order valence-electron chi connectivity index (χ1n) is 13.7. The lowest BCUT2D eigenvalue weighted by Gasteiger charge is -2.39. The lowest BCUT2D eigenvalue weighted by molar-refractivity contribution is 0.367. The van der Waals surface area contributed by atoms with Crippen molar-refractivity contribution in [3.05, 3.63) is 36.3 Å². The Kier molecular flexibility index (Phi) is 8.74. The van der Waals surface area contributed by atoms with Crippen molar-refractivity contribution in [1.29, 1.82) is 0 Å². The van der Waals surface area contributed by atoms with E-state index in [-0.39, 0.29) is 21.1 Å². The first-order chi connectivity index (χ1) is 17.2. The van der Waals surface area contributed by atoms with E-state index in [4.69, 9.17) is 8.85 Å². The van der Waals surface area contributed by atoms with Crippen LogP contribution in [0.4, 0.5) is 0 Å². The number of hydrogen-bond acceptors (Lipinski definition) is 5. The predicted molar refractivity (Wildman–Crippen MR) is 161 cm³/mol. The van der Waals surface area contributed by atoms with Gasteiger partial charge in [0.05, 0.1) is 6.33 Å². The zero-order valence-corrected chi connectivity index (χ0v) is 28.1. The molecule has 0 bridgehead atoms. The van der Waals surface area contributed by atoms with E-state index < -0.39 is 26.7 Å². The fourth-order valence-electron chi connectivity index (χ4n) is 4.21.